The van der Waals surface area contributed by atoms with E-state index in [-0.39, 0.29) is 16.4 Å². The molecule has 2 aromatic rings. The lowest BCUT2D eigenvalue weighted by molar-refractivity contribution is -0.384. The highest BCUT2D eigenvalue weighted by atomic mass is 16.6. The first-order valence-corrected chi connectivity index (χ1v) is 7.61. The average molecular weight is 313 g/mol. The monoisotopic (exact) mass is 313 g/mol. The Hall–Kier alpha value is -2.60. The Labute approximate surface area is 134 Å². The molecule has 23 heavy (non-hydrogen) atoms. The smallest absolute Gasteiger partial charge is 0.269 e. The highest BCUT2D eigenvalue weighted by Crippen LogP contribution is 2.21. The number of non-ortho nitro benzene ring substituents is 1. The van der Waals surface area contributed by atoms with Gasteiger partial charge in [0.1, 0.15) is 5.75 Å². The van der Waals surface area contributed by atoms with Gasteiger partial charge in [-0.15, -0.1) is 0 Å². The van der Waals surface area contributed by atoms with E-state index in [0.29, 0.717) is 0 Å². The SMILES string of the molecule is O=[N+]([O-])c1ccc(N2CCN(Cc3ccc(O)cc3)CC2)cc1. The molecule has 0 aliphatic carbocycles. The number of benzene rings is 2. The van der Waals surface area contributed by atoms with Gasteiger partial charge in [-0.2, -0.15) is 0 Å². The lowest BCUT2D eigenvalue weighted by atomic mass is 10.2. The van der Waals surface area contributed by atoms with E-state index in [9.17, 15) is 15.2 Å². The number of hydrogen-bond acceptors (Lipinski definition) is 5. The molecule has 1 N–H and O–H groups in total. The number of phenolic OH excluding ortho intramolecular Hbond substituents is 1. The topological polar surface area (TPSA) is 69.9 Å². The second-order valence-electron chi connectivity index (χ2n) is 5.70. The van der Waals surface area contributed by atoms with Crippen molar-refractivity contribution in [1.82, 2.24) is 4.90 Å². The molecule has 6 heteroatoms. The molecule has 0 saturated carbocycles. The molecule has 0 spiro atoms. The minimum atomic E-state index is -0.376. The number of nitro groups is 1. The summed E-state index contributed by atoms with van der Waals surface area (Å²) in [6, 6.07) is 14.0. The summed E-state index contributed by atoms with van der Waals surface area (Å²) in [5.74, 6) is 0.289. The molecular formula is C17H19N3O3. The van der Waals surface area contributed by atoms with Gasteiger partial charge < -0.3 is 10.0 Å². The van der Waals surface area contributed by atoms with Crippen LogP contribution in [0.2, 0.25) is 0 Å². The van der Waals surface area contributed by atoms with Crippen molar-refractivity contribution in [2.45, 2.75) is 6.54 Å². The highest BCUT2D eigenvalue weighted by Gasteiger charge is 2.18. The second-order valence-corrected chi connectivity index (χ2v) is 5.70. The van der Waals surface area contributed by atoms with Crippen LogP contribution >= 0.6 is 0 Å². The summed E-state index contributed by atoms with van der Waals surface area (Å²) < 4.78 is 0. The van der Waals surface area contributed by atoms with Gasteiger partial charge in [0, 0.05) is 50.5 Å². The van der Waals surface area contributed by atoms with Crippen molar-refractivity contribution >= 4 is 11.4 Å². The molecule has 6 nitrogen and oxygen atoms in total. The zero-order valence-electron chi connectivity index (χ0n) is 12.8. The van der Waals surface area contributed by atoms with Crippen molar-refractivity contribution in [3.63, 3.8) is 0 Å². The first kappa shape index (κ1) is 15.3. The van der Waals surface area contributed by atoms with Crippen molar-refractivity contribution in [2.75, 3.05) is 31.1 Å². The minimum Gasteiger partial charge on any atom is -0.508 e. The maximum atomic E-state index is 10.7. The molecule has 1 aliphatic rings. The van der Waals surface area contributed by atoms with E-state index in [1.807, 2.05) is 24.3 Å². The molecule has 0 unspecified atom stereocenters. The zero-order chi connectivity index (χ0) is 16.2. The van der Waals surface area contributed by atoms with Gasteiger partial charge in [0.15, 0.2) is 0 Å². The van der Waals surface area contributed by atoms with Gasteiger partial charge >= 0.3 is 0 Å². The van der Waals surface area contributed by atoms with Gasteiger partial charge in [-0.25, -0.2) is 0 Å². The number of nitrogens with zero attached hydrogens (tertiary/aromatic N) is 3. The van der Waals surface area contributed by atoms with Crippen LogP contribution in [0.1, 0.15) is 5.56 Å². The van der Waals surface area contributed by atoms with E-state index in [4.69, 9.17) is 0 Å². The van der Waals surface area contributed by atoms with Gasteiger partial charge in [0.05, 0.1) is 4.92 Å². The average Bonchev–Trinajstić information content (AvgIpc) is 2.58. The largest absolute Gasteiger partial charge is 0.508 e. The maximum absolute atomic E-state index is 10.7. The summed E-state index contributed by atoms with van der Waals surface area (Å²) in [6.07, 6.45) is 0. The highest BCUT2D eigenvalue weighted by molar-refractivity contribution is 5.51. The Morgan fingerprint density at radius 3 is 2.13 bits per heavy atom. The van der Waals surface area contributed by atoms with Crippen LogP contribution in [0.3, 0.4) is 0 Å². The number of aromatic hydroxyl groups is 1. The van der Waals surface area contributed by atoms with Crippen LogP contribution in [-0.2, 0) is 6.54 Å². The first-order chi connectivity index (χ1) is 11.1. The van der Waals surface area contributed by atoms with Crippen LogP contribution in [0.25, 0.3) is 0 Å². The Kier molecular flexibility index (Phi) is 4.43. The third-order valence-corrected chi connectivity index (χ3v) is 4.14. The molecule has 0 aromatic heterocycles. The molecule has 1 heterocycles. The molecule has 0 radical (unpaired) electrons. The van der Waals surface area contributed by atoms with Crippen LogP contribution < -0.4 is 4.90 Å². The maximum Gasteiger partial charge on any atom is 0.269 e. The van der Waals surface area contributed by atoms with E-state index in [2.05, 4.69) is 9.80 Å². The number of nitro benzene ring substituents is 1. The van der Waals surface area contributed by atoms with Gasteiger partial charge in [-0.3, -0.25) is 15.0 Å². The Balaban J connectivity index is 1.55. The standard InChI is InChI=1S/C17H19N3O3/c21-17-7-1-14(2-8-17)13-18-9-11-19(12-10-18)15-3-5-16(6-4-15)20(22)23/h1-8,21H,9-13H2. The van der Waals surface area contributed by atoms with Gasteiger partial charge in [0.25, 0.3) is 5.69 Å². The predicted molar refractivity (Wildman–Crippen MR) is 88.7 cm³/mol. The fourth-order valence-corrected chi connectivity index (χ4v) is 2.81. The number of piperazine rings is 1. The van der Waals surface area contributed by atoms with Crippen molar-refractivity contribution in [3.05, 3.63) is 64.2 Å². The molecule has 2 aromatic carbocycles. The molecule has 1 fully saturated rings. The van der Waals surface area contributed by atoms with Crippen LogP contribution in [0.15, 0.2) is 48.5 Å². The fourth-order valence-electron chi connectivity index (χ4n) is 2.81. The zero-order valence-corrected chi connectivity index (χ0v) is 12.8. The van der Waals surface area contributed by atoms with Gasteiger partial charge in [0.2, 0.25) is 0 Å². The van der Waals surface area contributed by atoms with Crippen molar-refractivity contribution < 1.29 is 10.0 Å². The molecule has 0 bridgehead atoms. The van der Waals surface area contributed by atoms with Crippen molar-refractivity contribution in [2.24, 2.45) is 0 Å². The molecule has 3 rings (SSSR count). The molecule has 1 saturated heterocycles. The summed E-state index contributed by atoms with van der Waals surface area (Å²) in [5.41, 5.74) is 2.34. The molecular weight excluding hydrogens is 294 g/mol. The van der Waals surface area contributed by atoms with Crippen LogP contribution in [0, 0.1) is 10.1 Å². The van der Waals surface area contributed by atoms with Crippen molar-refractivity contribution in [1.29, 1.82) is 0 Å². The third kappa shape index (κ3) is 3.78. The van der Waals surface area contributed by atoms with Crippen LogP contribution in [0.5, 0.6) is 5.75 Å². The van der Waals surface area contributed by atoms with Crippen LogP contribution in [0.4, 0.5) is 11.4 Å². The lowest BCUT2D eigenvalue weighted by Crippen LogP contribution is -2.45. The molecule has 0 amide bonds. The number of hydrogen-bond donors (Lipinski definition) is 1. The predicted octanol–water partition coefficient (Wildman–Crippen LogP) is 2.62. The first-order valence-electron chi connectivity index (χ1n) is 7.61. The number of phenols is 1. The molecule has 120 valence electrons. The van der Waals surface area contributed by atoms with E-state index in [1.54, 1.807) is 24.3 Å². The summed E-state index contributed by atoms with van der Waals surface area (Å²) >= 11 is 0. The van der Waals surface area contributed by atoms with Gasteiger partial charge in [-0.05, 0) is 29.8 Å². The van der Waals surface area contributed by atoms with Crippen LogP contribution in [-0.4, -0.2) is 41.1 Å². The normalized spacial score (nSPS) is 15.6. The number of rotatable bonds is 4. The summed E-state index contributed by atoms with van der Waals surface area (Å²) in [5, 5.41) is 20.0. The van der Waals surface area contributed by atoms with Gasteiger partial charge in [-0.1, -0.05) is 12.1 Å². The van der Waals surface area contributed by atoms with E-state index >= 15 is 0 Å². The molecule has 1 aliphatic heterocycles. The van der Waals surface area contributed by atoms with E-state index < -0.39 is 0 Å². The second kappa shape index (κ2) is 6.66. The Morgan fingerprint density at radius 1 is 0.957 bits per heavy atom. The Morgan fingerprint density at radius 2 is 1.57 bits per heavy atom. The van der Waals surface area contributed by atoms with E-state index in [1.165, 1.54) is 5.56 Å². The summed E-state index contributed by atoms with van der Waals surface area (Å²) in [4.78, 5) is 14.9. The fraction of sp³-hybridized carbons (Fsp3) is 0.294. The summed E-state index contributed by atoms with van der Waals surface area (Å²) in [6.45, 7) is 4.55. The van der Waals surface area contributed by atoms with Crippen molar-refractivity contribution in [3.8, 4) is 5.75 Å². The minimum absolute atomic E-state index is 0.125. The van der Waals surface area contributed by atoms with E-state index in [0.717, 1.165) is 38.4 Å². The summed E-state index contributed by atoms with van der Waals surface area (Å²) in [7, 11) is 0. The molecule has 0 atom stereocenters. The Bertz CT molecular complexity index is 662. The number of anilines is 1. The quantitative estimate of drug-likeness (QED) is 0.694. The third-order valence-electron chi connectivity index (χ3n) is 4.14. The lowest BCUT2D eigenvalue weighted by Gasteiger charge is -2.36.